The van der Waals surface area contributed by atoms with Crippen LogP contribution in [0.25, 0.3) is 0 Å². The van der Waals surface area contributed by atoms with Crippen molar-refractivity contribution < 1.29 is 18.3 Å². The lowest BCUT2D eigenvalue weighted by Crippen LogP contribution is -2.39. The van der Waals surface area contributed by atoms with Crippen LogP contribution in [0.15, 0.2) is 23.1 Å². The molecule has 0 unspecified atom stereocenters. The van der Waals surface area contributed by atoms with E-state index in [1.165, 1.54) is 29.6 Å². The Morgan fingerprint density at radius 2 is 2.05 bits per heavy atom. The Morgan fingerprint density at radius 1 is 1.40 bits per heavy atom. The van der Waals surface area contributed by atoms with Gasteiger partial charge in [-0.05, 0) is 30.9 Å². The van der Waals surface area contributed by atoms with Gasteiger partial charge in [-0.1, -0.05) is 11.6 Å². The molecule has 1 heterocycles. The summed E-state index contributed by atoms with van der Waals surface area (Å²) in [6.07, 6.45) is 1.34. The van der Waals surface area contributed by atoms with E-state index in [4.69, 9.17) is 21.4 Å². The van der Waals surface area contributed by atoms with Gasteiger partial charge in [0.25, 0.3) is 0 Å². The van der Waals surface area contributed by atoms with Gasteiger partial charge in [0.05, 0.1) is 7.11 Å². The van der Waals surface area contributed by atoms with Gasteiger partial charge in [0, 0.05) is 30.8 Å². The Bertz CT molecular complexity index is 568. The smallest absolute Gasteiger partial charge is 0.246 e. The Morgan fingerprint density at radius 3 is 2.60 bits per heavy atom. The molecule has 1 aliphatic rings. The SMILES string of the molecule is COc1cc(Cl)ccc1S(=O)(=O)N1CCC(CO)CC1. The summed E-state index contributed by atoms with van der Waals surface area (Å²) in [4.78, 5) is 0.131. The third-order valence-corrected chi connectivity index (χ3v) is 5.75. The van der Waals surface area contributed by atoms with Gasteiger partial charge in [-0.2, -0.15) is 4.31 Å². The van der Waals surface area contributed by atoms with Crippen molar-refractivity contribution in [3.05, 3.63) is 23.2 Å². The maximum Gasteiger partial charge on any atom is 0.246 e. The van der Waals surface area contributed by atoms with Gasteiger partial charge >= 0.3 is 0 Å². The van der Waals surface area contributed by atoms with Crippen LogP contribution in [0.3, 0.4) is 0 Å². The summed E-state index contributed by atoms with van der Waals surface area (Å²) in [5, 5.41) is 9.54. The van der Waals surface area contributed by atoms with Crippen molar-refractivity contribution in [3.63, 3.8) is 0 Å². The summed E-state index contributed by atoms with van der Waals surface area (Å²) >= 11 is 5.85. The lowest BCUT2D eigenvalue weighted by Gasteiger charge is -2.30. The van der Waals surface area contributed by atoms with E-state index in [-0.39, 0.29) is 23.2 Å². The summed E-state index contributed by atoms with van der Waals surface area (Å²) in [7, 11) is -2.17. The largest absolute Gasteiger partial charge is 0.495 e. The number of hydrogen-bond donors (Lipinski definition) is 1. The van der Waals surface area contributed by atoms with Crippen molar-refractivity contribution in [2.45, 2.75) is 17.7 Å². The van der Waals surface area contributed by atoms with Crippen LogP contribution >= 0.6 is 11.6 Å². The average molecular weight is 320 g/mol. The number of sulfonamides is 1. The zero-order valence-electron chi connectivity index (χ0n) is 11.3. The normalized spacial score (nSPS) is 18.1. The predicted octanol–water partition coefficient (Wildman–Crippen LogP) is 1.74. The maximum atomic E-state index is 12.6. The molecule has 1 fully saturated rings. The lowest BCUT2D eigenvalue weighted by atomic mass is 10.00. The predicted molar refractivity (Wildman–Crippen MR) is 76.6 cm³/mol. The van der Waals surface area contributed by atoms with E-state index in [1.54, 1.807) is 0 Å². The molecule has 5 nitrogen and oxygen atoms in total. The van der Waals surface area contributed by atoms with Crippen LogP contribution in [0, 0.1) is 5.92 Å². The molecule has 0 spiro atoms. The zero-order chi connectivity index (χ0) is 14.8. The second-order valence-corrected chi connectivity index (χ2v) is 7.17. The van der Waals surface area contributed by atoms with Crippen LogP contribution in [0.2, 0.25) is 5.02 Å². The minimum absolute atomic E-state index is 0.109. The van der Waals surface area contributed by atoms with Gasteiger partial charge in [0.2, 0.25) is 10.0 Å². The molecule has 0 aliphatic carbocycles. The molecule has 1 saturated heterocycles. The standard InChI is InChI=1S/C13H18ClNO4S/c1-19-12-8-11(14)2-3-13(12)20(17,18)15-6-4-10(9-16)5-7-15/h2-3,8,10,16H,4-7,9H2,1H3. The Balaban J connectivity index is 2.27. The summed E-state index contributed by atoms with van der Waals surface area (Å²) in [5.41, 5.74) is 0. The number of methoxy groups -OCH3 is 1. The fourth-order valence-corrected chi connectivity index (χ4v) is 4.09. The molecule has 0 atom stereocenters. The number of hydrogen-bond acceptors (Lipinski definition) is 4. The van der Waals surface area contributed by atoms with Crippen molar-refractivity contribution >= 4 is 21.6 Å². The highest BCUT2D eigenvalue weighted by atomic mass is 35.5. The first kappa shape index (κ1) is 15.6. The Kier molecular flexibility index (Phi) is 4.90. The van der Waals surface area contributed by atoms with E-state index in [0.717, 1.165) is 0 Å². The molecule has 0 bridgehead atoms. The van der Waals surface area contributed by atoms with Gasteiger partial charge in [-0.3, -0.25) is 0 Å². The average Bonchev–Trinajstić information content (AvgIpc) is 2.46. The molecule has 2 rings (SSSR count). The van der Waals surface area contributed by atoms with Crippen molar-refractivity contribution in [3.8, 4) is 5.75 Å². The molecule has 0 amide bonds. The molecular weight excluding hydrogens is 302 g/mol. The van der Waals surface area contributed by atoms with E-state index >= 15 is 0 Å². The highest BCUT2D eigenvalue weighted by molar-refractivity contribution is 7.89. The van der Waals surface area contributed by atoms with Crippen molar-refractivity contribution in [1.82, 2.24) is 4.31 Å². The maximum absolute atomic E-state index is 12.6. The Hall–Kier alpha value is -0.820. The number of aliphatic hydroxyl groups excluding tert-OH is 1. The minimum Gasteiger partial charge on any atom is -0.495 e. The molecule has 112 valence electrons. The van der Waals surface area contributed by atoms with E-state index < -0.39 is 10.0 Å². The van der Waals surface area contributed by atoms with Gasteiger partial charge in [0.1, 0.15) is 10.6 Å². The molecule has 0 saturated carbocycles. The quantitative estimate of drug-likeness (QED) is 0.918. The second-order valence-electron chi connectivity index (χ2n) is 4.83. The van der Waals surface area contributed by atoms with Crippen molar-refractivity contribution in [2.24, 2.45) is 5.92 Å². The minimum atomic E-state index is -3.59. The third kappa shape index (κ3) is 3.09. The van der Waals surface area contributed by atoms with E-state index in [1.807, 2.05) is 0 Å². The zero-order valence-corrected chi connectivity index (χ0v) is 12.8. The van der Waals surface area contributed by atoms with Crippen LogP contribution in [0.4, 0.5) is 0 Å². The number of benzene rings is 1. The molecule has 7 heteroatoms. The first-order valence-electron chi connectivity index (χ1n) is 6.43. The van der Waals surface area contributed by atoms with Gasteiger partial charge in [-0.15, -0.1) is 0 Å². The van der Waals surface area contributed by atoms with Crippen LogP contribution in [0.5, 0.6) is 5.75 Å². The summed E-state index contributed by atoms with van der Waals surface area (Å²) < 4.78 is 31.8. The molecule has 1 aromatic rings. The first-order valence-corrected chi connectivity index (χ1v) is 8.25. The fraction of sp³-hybridized carbons (Fsp3) is 0.538. The first-order chi connectivity index (χ1) is 9.48. The monoisotopic (exact) mass is 319 g/mol. The Labute approximate surface area is 124 Å². The number of ether oxygens (including phenoxy) is 1. The number of nitrogens with zero attached hydrogens (tertiary/aromatic N) is 1. The van der Waals surface area contributed by atoms with Crippen LogP contribution in [-0.2, 0) is 10.0 Å². The molecule has 1 N–H and O–H groups in total. The number of halogens is 1. The van der Waals surface area contributed by atoms with Gasteiger partial charge in [0.15, 0.2) is 0 Å². The molecule has 0 aromatic heterocycles. The molecule has 1 aliphatic heterocycles. The topological polar surface area (TPSA) is 66.8 Å². The number of aliphatic hydroxyl groups is 1. The summed E-state index contributed by atoms with van der Waals surface area (Å²) in [5.74, 6) is 0.440. The van der Waals surface area contributed by atoms with Gasteiger partial charge in [-0.25, -0.2) is 8.42 Å². The molecule has 20 heavy (non-hydrogen) atoms. The highest BCUT2D eigenvalue weighted by Crippen LogP contribution is 2.31. The van der Waals surface area contributed by atoms with Gasteiger partial charge < -0.3 is 9.84 Å². The van der Waals surface area contributed by atoms with Crippen LogP contribution in [0.1, 0.15) is 12.8 Å². The van der Waals surface area contributed by atoms with E-state index in [0.29, 0.717) is 31.0 Å². The van der Waals surface area contributed by atoms with E-state index in [2.05, 4.69) is 0 Å². The van der Waals surface area contributed by atoms with Crippen molar-refractivity contribution in [2.75, 3.05) is 26.8 Å². The van der Waals surface area contributed by atoms with E-state index in [9.17, 15) is 8.42 Å². The number of rotatable bonds is 4. The third-order valence-electron chi connectivity index (χ3n) is 3.58. The second kappa shape index (κ2) is 6.30. The van der Waals surface area contributed by atoms with Crippen LogP contribution in [-0.4, -0.2) is 44.6 Å². The lowest BCUT2D eigenvalue weighted by molar-refractivity contribution is 0.170. The van der Waals surface area contributed by atoms with Crippen molar-refractivity contribution in [1.29, 1.82) is 0 Å². The summed E-state index contributed by atoms with van der Waals surface area (Å²) in [6.45, 7) is 0.941. The van der Waals surface area contributed by atoms with Crippen LogP contribution < -0.4 is 4.74 Å². The number of piperidine rings is 1. The highest BCUT2D eigenvalue weighted by Gasteiger charge is 2.31. The molecule has 1 aromatic carbocycles. The molecular formula is C13H18ClNO4S. The molecule has 0 radical (unpaired) electrons. The fourth-order valence-electron chi connectivity index (χ4n) is 2.33. The summed E-state index contributed by atoms with van der Waals surface area (Å²) in [6, 6.07) is 4.50.